The molecule has 186 valence electrons. The second kappa shape index (κ2) is 10.9. The molecule has 3 aromatic carbocycles. The monoisotopic (exact) mass is 503 g/mol. The summed E-state index contributed by atoms with van der Waals surface area (Å²) in [7, 11) is 0. The minimum absolute atomic E-state index is 0.133. The molecule has 7 heteroatoms. The molecule has 0 radical (unpaired) electrons. The molecule has 36 heavy (non-hydrogen) atoms. The Hall–Kier alpha value is -3.10. The predicted octanol–water partition coefficient (Wildman–Crippen LogP) is 6.37. The summed E-state index contributed by atoms with van der Waals surface area (Å²) in [4.78, 5) is 5.07. The van der Waals surface area contributed by atoms with E-state index in [1.807, 2.05) is 30.3 Å². The third-order valence-corrected chi connectivity index (χ3v) is 7.43. The van der Waals surface area contributed by atoms with E-state index in [1.54, 1.807) is 24.3 Å². The van der Waals surface area contributed by atoms with E-state index in [9.17, 15) is 8.76 Å². The summed E-state index contributed by atoms with van der Waals surface area (Å²) in [5, 5.41) is 0. The Bertz CT molecular complexity index is 1330. The molecule has 1 fully saturated rings. The maximum Gasteiger partial charge on any atom is 0.221 e. The predicted molar refractivity (Wildman–Crippen MR) is 139 cm³/mol. The van der Waals surface area contributed by atoms with E-state index in [0.717, 1.165) is 42.7 Å². The molecule has 0 amide bonds. The molecule has 1 N–H and O–H groups in total. The lowest BCUT2D eigenvalue weighted by Crippen LogP contribution is -2.30. The van der Waals surface area contributed by atoms with E-state index >= 15 is 0 Å². The summed E-state index contributed by atoms with van der Waals surface area (Å²) in [5.74, 6) is 1.08. The fourth-order valence-electron chi connectivity index (χ4n) is 4.54. The van der Waals surface area contributed by atoms with Crippen LogP contribution in [0.2, 0.25) is 0 Å². The van der Waals surface area contributed by atoms with Crippen LogP contribution < -0.4 is 0 Å². The van der Waals surface area contributed by atoms with Gasteiger partial charge >= 0.3 is 0 Å². The topological polar surface area (TPSA) is 81.8 Å². The number of hydrogen-bond donors (Lipinski definition) is 1. The van der Waals surface area contributed by atoms with Gasteiger partial charge < -0.3 is 18.4 Å². The summed E-state index contributed by atoms with van der Waals surface area (Å²) < 4.78 is 38.4. The molecule has 5 rings (SSSR count). The molecule has 6 nitrogen and oxygen atoms in total. The van der Waals surface area contributed by atoms with Crippen molar-refractivity contribution in [3.05, 3.63) is 95.9 Å². The van der Waals surface area contributed by atoms with Crippen LogP contribution in [0.4, 0.5) is 0 Å². The van der Waals surface area contributed by atoms with Crippen LogP contribution in [0.15, 0.2) is 88.2 Å². The van der Waals surface area contributed by atoms with Crippen LogP contribution in [0.3, 0.4) is 0 Å². The highest BCUT2D eigenvalue weighted by molar-refractivity contribution is 7.79. The molecule has 0 bridgehead atoms. The zero-order valence-corrected chi connectivity index (χ0v) is 21.0. The highest BCUT2D eigenvalue weighted by Crippen LogP contribution is 2.35. The maximum absolute atomic E-state index is 11.4. The molecule has 1 atom stereocenters. The van der Waals surface area contributed by atoms with E-state index in [-0.39, 0.29) is 12.0 Å². The van der Waals surface area contributed by atoms with Crippen molar-refractivity contribution in [1.82, 2.24) is 4.98 Å². The normalized spacial score (nSPS) is 16.1. The SMILES string of the molecule is CC1(c2cccc(COCc3nc(-c4ccccc4)c(-c4ccc(S(=O)O)cc4)o3)c2)CCOCC1. The van der Waals surface area contributed by atoms with Gasteiger partial charge in [-0.15, -0.1) is 0 Å². The van der Waals surface area contributed by atoms with Crippen molar-refractivity contribution in [2.75, 3.05) is 13.2 Å². The zero-order valence-electron chi connectivity index (χ0n) is 20.2. The van der Waals surface area contributed by atoms with Gasteiger partial charge in [-0.1, -0.05) is 61.5 Å². The number of oxazole rings is 1. The van der Waals surface area contributed by atoms with E-state index in [2.05, 4.69) is 31.2 Å². The summed E-state index contributed by atoms with van der Waals surface area (Å²) in [5.41, 5.74) is 4.98. The molecular weight excluding hydrogens is 474 g/mol. The van der Waals surface area contributed by atoms with Crippen molar-refractivity contribution >= 4 is 11.1 Å². The Morgan fingerprint density at radius 2 is 1.69 bits per heavy atom. The molecule has 4 aromatic rings. The zero-order chi connectivity index (χ0) is 25.0. The van der Waals surface area contributed by atoms with Crippen molar-refractivity contribution in [2.24, 2.45) is 0 Å². The minimum Gasteiger partial charge on any atom is -0.437 e. The van der Waals surface area contributed by atoms with Crippen LogP contribution in [0.25, 0.3) is 22.6 Å². The van der Waals surface area contributed by atoms with Crippen molar-refractivity contribution in [2.45, 2.75) is 43.3 Å². The smallest absolute Gasteiger partial charge is 0.221 e. The lowest BCUT2D eigenvalue weighted by atomic mass is 9.76. The summed E-state index contributed by atoms with van der Waals surface area (Å²) in [6, 6.07) is 25.2. The highest BCUT2D eigenvalue weighted by Gasteiger charge is 2.29. The molecule has 1 saturated heterocycles. The standard InChI is InChI=1S/C29H29NO5S/c1-29(14-16-33-17-15-29)24-9-5-6-21(18-24)19-34-20-26-30-27(22-7-3-2-4-8-22)28(35-26)23-10-12-25(13-11-23)36(31)32/h2-13,18H,14-17,19-20H2,1H3,(H,31,32). The van der Waals surface area contributed by atoms with Crippen LogP contribution in [-0.2, 0) is 39.2 Å². The summed E-state index contributed by atoms with van der Waals surface area (Å²) in [6.45, 7) is 4.59. The van der Waals surface area contributed by atoms with Gasteiger partial charge in [0.15, 0.2) is 16.8 Å². The summed E-state index contributed by atoms with van der Waals surface area (Å²) >= 11 is -2.03. The number of benzene rings is 3. The fourth-order valence-corrected chi connectivity index (χ4v) is 4.91. The van der Waals surface area contributed by atoms with Gasteiger partial charge in [0.25, 0.3) is 0 Å². The molecule has 0 aliphatic carbocycles. The first-order chi connectivity index (χ1) is 17.5. The average molecular weight is 504 g/mol. The second-order valence-electron chi connectivity index (χ2n) is 9.29. The number of rotatable bonds is 8. The van der Waals surface area contributed by atoms with E-state index < -0.39 is 11.1 Å². The second-order valence-corrected chi connectivity index (χ2v) is 10.3. The average Bonchev–Trinajstić information content (AvgIpc) is 3.34. The third-order valence-electron chi connectivity index (χ3n) is 6.75. The molecule has 1 aromatic heterocycles. The van der Waals surface area contributed by atoms with Gasteiger partial charge in [0.1, 0.15) is 12.3 Å². The lowest BCUT2D eigenvalue weighted by Gasteiger charge is -2.34. The van der Waals surface area contributed by atoms with E-state index in [4.69, 9.17) is 18.9 Å². The van der Waals surface area contributed by atoms with Crippen LogP contribution in [-0.4, -0.2) is 27.0 Å². The molecular formula is C29H29NO5S. The van der Waals surface area contributed by atoms with Gasteiger partial charge in [0.05, 0.1) is 11.5 Å². The number of hydrogen-bond acceptors (Lipinski definition) is 5. The molecule has 1 aliphatic rings. The van der Waals surface area contributed by atoms with Crippen LogP contribution in [0.5, 0.6) is 0 Å². The number of ether oxygens (including phenoxy) is 2. The Labute approximate surface area is 213 Å². The van der Waals surface area contributed by atoms with Crippen molar-refractivity contribution in [3.8, 4) is 22.6 Å². The van der Waals surface area contributed by atoms with Gasteiger partial charge in [-0.3, -0.25) is 0 Å². The van der Waals surface area contributed by atoms with Crippen LogP contribution >= 0.6 is 0 Å². The van der Waals surface area contributed by atoms with Gasteiger partial charge in [-0.25, -0.2) is 9.19 Å². The first-order valence-electron chi connectivity index (χ1n) is 12.0. The molecule has 1 aliphatic heterocycles. The Morgan fingerprint density at radius 1 is 0.944 bits per heavy atom. The van der Waals surface area contributed by atoms with Gasteiger partial charge in [0.2, 0.25) is 5.89 Å². The third kappa shape index (κ3) is 5.50. The van der Waals surface area contributed by atoms with Crippen LogP contribution in [0.1, 0.15) is 36.8 Å². The number of nitrogens with zero attached hydrogens (tertiary/aromatic N) is 1. The summed E-state index contributed by atoms with van der Waals surface area (Å²) in [6.07, 6.45) is 2.04. The minimum atomic E-state index is -2.03. The molecule has 0 saturated carbocycles. The fraction of sp³-hybridized carbons (Fsp3) is 0.276. The largest absolute Gasteiger partial charge is 0.437 e. The Morgan fingerprint density at radius 3 is 2.42 bits per heavy atom. The van der Waals surface area contributed by atoms with Crippen molar-refractivity contribution < 1.29 is 22.7 Å². The Kier molecular flexibility index (Phi) is 7.43. The van der Waals surface area contributed by atoms with E-state index in [1.165, 1.54) is 5.56 Å². The van der Waals surface area contributed by atoms with Crippen LogP contribution in [0, 0.1) is 0 Å². The first kappa shape index (κ1) is 24.6. The van der Waals surface area contributed by atoms with Crippen molar-refractivity contribution in [3.63, 3.8) is 0 Å². The first-order valence-corrected chi connectivity index (χ1v) is 13.1. The molecule has 0 spiro atoms. The number of aromatic nitrogens is 1. The highest BCUT2D eigenvalue weighted by atomic mass is 32.2. The van der Waals surface area contributed by atoms with Crippen molar-refractivity contribution in [1.29, 1.82) is 0 Å². The van der Waals surface area contributed by atoms with E-state index in [0.29, 0.717) is 28.8 Å². The Balaban J connectivity index is 1.34. The molecule has 1 unspecified atom stereocenters. The van der Waals surface area contributed by atoms with Gasteiger partial charge in [-0.05, 0) is 53.6 Å². The van der Waals surface area contributed by atoms with Gasteiger partial charge in [-0.2, -0.15) is 0 Å². The van der Waals surface area contributed by atoms with Gasteiger partial charge in [0, 0.05) is 24.3 Å². The lowest BCUT2D eigenvalue weighted by molar-refractivity contribution is 0.0562. The maximum atomic E-state index is 11.4. The quantitative estimate of drug-likeness (QED) is 0.281. The molecule has 2 heterocycles.